The number of carbonyl (C=O) groups is 1. The molecule has 1 aromatic rings. The van der Waals surface area contributed by atoms with Gasteiger partial charge < -0.3 is 15.0 Å². The van der Waals surface area contributed by atoms with E-state index in [0.717, 1.165) is 0 Å². The second kappa shape index (κ2) is 6.06. The number of urea groups is 1. The molecule has 1 aliphatic heterocycles. The highest BCUT2D eigenvalue weighted by atomic mass is 35.5. The summed E-state index contributed by atoms with van der Waals surface area (Å²) in [5.41, 5.74) is 0.231. The molecule has 1 fully saturated rings. The number of hydrogen-bond donors (Lipinski definition) is 1. The first-order valence-electron chi connectivity index (χ1n) is 6.09. The standard InChI is InChI=1S/C12H14ClN3O4/c1-8-7-15(4-5-20-8)12(17)14-11-3-2-9(16(18)19)6-10(11)13/h2-3,6,8H,4-5,7H2,1H3,(H,14,17). The molecule has 1 aliphatic rings. The topological polar surface area (TPSA) is 84.7 Å². The van der Waals surface area contributed by atoms with Crippen LogP contribution < -0.4 is 5.32 Å². The summed E-state index contributed by atoms with van der Waals surface area (Å²) in [6.45, 7) is 3.37. The van der Waals surface area contributed by atoms with E-state index in [2.05, 4.69) is 5.32 Å². The van der Waals surface area contributed by atoms with Gasteiger partial charge in [-0.05, 0) is 13.0 Å². The predicted molar refractivity (Wildman–Crippen MR) is 74.1 cm³/mol. The Hall–Kier alpha value is -1.86. The van der Waals surface area contributed by atoms with Crippen LogP contribution in [-0.2, 0) is 4.74 Å². The smallest absolute Gasteiger partial charge is 0.322 e. The van der Waals surface area contributed by atoms with E-state index >= 15 is 0 Å². The van der Waals surface area contributed by atoms with Crippen LogP contribution in [0.5, 0.6) is 0 Å². The van der Waals surface area contributed by atoms with Crippen molar-refractivity contribution >= 4 is 29.0 Å². The maximum atomic E-state index is 12.1. The molecule has 0 saturated carbocycles. The van der Waals surface area contributed by atoms with Crippen molar-refractivity contribution in [3.63, 3.8) is 0 Å². The van der Waals surface area contributed by atoms with Gasteiger partial charge in [-0.2, -0.15) is 0 Å². The lowest BCUT2D eigenvalue weighted by Gasteiger charge is -2.31. The van der Waals surface area contributed by atoms with Crippen LogP contribution in [0.2, 0.25) is 5.02 Å². The molecule has 1 N–H and O–H groups in total. The average Bonchev–Trinajstić information content (AvgIpc) is 2.40. The third-order valence-corrected chi connectivity index (χ3v) is 3.25. The maximum Gasteiger partial charge on any atom is 0.322 e. The summed E-state index contributed by atoms with van der Waals surface area (Å²) in [4.78, 5) is 23.7. The molecule has 1 heterocycles. The minimum atomic E-state index is -0.541. The Balaban J connectivity index is 2.06. The zero-order valence-electron chi connectivity index (χ0n) is 10.8. The Morgan fingerprint density at radius 2 is 2.35 bits per heavy atom. The van der Waals surface area contributed by atoms with E-state index < -0.39 is 4.92 Å². The first-order chi connectivity index (χ1) is 9.47. The van der Waals surface area contributed by atoms with E-state index in [0.29, 0.717) is 25.4 Å². The number of non-ortho nitro benzene ring substituents is 1. The third-order valence-electron chi connectivity index (χ3n) is 2.93. The number of anilines is 1. The minimum absolute atomic E-state index is 0.0122. The molecule has 0 aliphatic carbocycles. The van der Waals surface area contributed by atoms with Gasteiger partial charge >= 0.3 is 6.03 Å². The average molecular weight is 300 g/mol. The van der Waals surface area contributed by atoms with Crippen molar-refractivity contribution in [2.75, 3.05) is 25.0 Å². The van der Waals surface area contributed by atoms with Gasteiger partial charge in [0.15, 0.2) is 0 Å². The Kier molecular flexibility index (Phi) is 4.41. The van der Waals surface area contributed by atoms with Crippen molar-refractivity contribution in [3.05, 3.63) is 33.3 Å². The van der Waals surface area contributed by atoms with Crippen molar-refractivity contribution < 1.29 is 14.5 Å². The first-order valence-corrected chi connectivity index (χ1v) is 6.46. The van der Waals surface area contributed by atoms with Crippen molar-refractivity contribution in [2.45, 2.75) is 13.0 Å². The molecule has 108 valence electrons. The summed E-state index contributed by atoms with van der Waals surface area (Å²) in [7, 11) is 0. The Labute approximate surface area is 120 Å². The van der Waals surface area contributed by atoms with E-state index in [4.69, 9.17) is 16.3 Å². The second-order valence-corrected chi connectivity index (χ2v) is 4.89. The van der Waals surface area contributed by atoms with Crippen LogP contribution in [0.25, 0.3) is 0 Å². The second-order valence-electron chi connectivity index (χ2n) is 4.48. The molecule has 0 aromatic heterocycles. The van der Waals surface area contributed by atoms with E-state index in [-0.39, 0.29) is 22.8 Å². The lowest BCUT2D eigenvalue weighted by Crippen LogP contribution is -2.46. The van der Waals surface area contributed by atoms with Crippen LogP contribution in [0, 0.1) is 10.1 Å². The number of morpholine rings is 1. The van der Waals surface area contributed by atoms with Crippen LogP contribution in [0.3, 0.4) is 0 Å². The van der Waals surface area contributed by atoms with Crippen molar-refractivity contribution in [1.29, 1.82) is 0 Å². The quantitative estimate of drug-likeness (QED) is 0.671. The number of carbonyl (C=O) groups excluding carboxylic acids is 1. The normalized spacial score (nSPS) is 18.7. The van der Waals surface area contributed by atoms with Gasteiger partial charge in [0.05, 0.1) is 28.3 Å². The molecule has 7 nitrogen and oxygen atoms in total. The molecular formula is C12H14ClN3O4. The highest BCUT2D eigenvalue weighted by Crippen LogP contribution is 2.27. The summed E-state index contributed by atoms with van der Waals surface area (Å²) >= 11 is 5.92. The summed E-state index contributed by atoms with van der Waals surface area (Å²) in [5.74, 6) is 0. The van der Waals surface area contributed by atoms with Gasteiger partial charge in [0.2, 0.25) is 0 Å². The number of nitrogens with zero attached hydrogens (tertiary/aromatic N) is 2. The highest BCUT2D eigenvalue weighted by Gasteiger charge is 2.22. The molecule has 2 rings (SSSR count). The van der Waals surface area contributed by atoms with Gasteiger partial charge in [-0.25, -0.2) is 4.79 Å². The molecule has 0 radical (unpaired) electrons. The SMILES string of the molecule is CC1CN(C(=O)Nc2ccc([N+](=O)[O-])cc2Cl)CCO1. The zero-order chi connectivity index (χ0) is 14.7. The lowest BCUT2D eigenvalue weighted by atomic mass is 10.3. The van der Waals surface area contributed by atoms with Crippen LogP contribution in [0.4, 0.5) is 16.2 Å². The molecule has 1 unspecified atom stereocenters. The monoisotopic (exact) mass is 299 g/mol. The van der Waals surface area contributed by atoms with E-state index in [1.165, 1.54) is 18.2 Å². The summed E-state index contributed by atoms with van der Waals surface area (Å²) in [5, 5.41) is 13.4. The van der Waals surface area contributed by atoms with E-state index in [9.17, 15) is 14.9 Å². The number of hydrogen-bond acceptors (Lipinski definition) is 4. The Morgan fingerprint density at radius 3 is 2.95 bits per heavy atom. The van der Waals surface area contributed by atoms with Gasteiger partial charge in [0.1, 0.15) is 0 Å². The first kappa shape index (κ1) is 14.5. The maximum absolute atomic E-state index is 12.1. The molecule has 20 heavy (non-hydrogen) atoms. The number of amides is 2. The number of rotatable bonds is 2. The van der Waals surface area contributed by atoms with Crippen molar-refractivity contribution in [2.24, 2.45) is 0 Å². The highest BCUT2D eigenvalue weighted by molar-refractivity contribution is 6.33. The van der Waals surface area contributed by atoms with E-state index in [1.54, 1.807) is 4.90 Å². The summed E-state index contributed by atoms with van der Waals surface area (Å²) in [6.07, 6.45) is -0.0122. The number of nitro benzene ring substituents is 1. The molecular weight excluding hydrogens is 286 g/mol. The Morgan fingerprint density at radius 1 is 1.60 bits per heavy atom. The summed E-state index contributed by atoms with van der Waals surface area (Å²) in [6, 6.07) is 3.63. The van der Waals surface area contributed by atoms with Gasteiger partial charge in [-0.1, -0.05) is 11.6 Å². The summed E-state index contributed by atoms with van der Waals surface area (Å²) < 4.78 is 5.35. The van der Waals surface area contributed by atoms with Crippen LogP contribution in [0.15, 0.2) is 18.2 Å². The Bertz CT molecular complexity index is 537. The van der Waals surface area contributed by atoms with Crippen LogP contribution in [0.1, 0.15) is 6.92 Å². The molecule has 2 amide bonds. The molecule has 0 spiro atoms. The fourth-order valence-corrected chi connectivity index (χ4v) is 2.14. The minimum Gasteiger partial charge on any atom is -0.375 e. The fourth-order valence-electron chi connectivity index (χ4n) is 1.92. The molecule has 1 saturated heterocycles. The molecule has 0 bridgehead atoms. The van der Waals surface area contributed by atoms with Gasteiger partial charge in [0.25, 0.3) is 5.69 Å². The van der Waals surface area contributed by atoms with E-state index in [1.807, 2.05) is 6.92 Å². The number of halogens is 1. The number of ether oxygens (including phenoxy) is 1. The lowest BCUT2D eigenvalue weighted by molar-refractivity contribution is -0.384. The van der Waals surface area contributed by atoms with Gasteiger partial charge in [-0.3, -0.25) is 10.1 Å². The number of benzene rings is 1. The zero-order valence-corrected chi connectivity index (χ0v) is 11.6. The molecule has 1 aromatic carbocycles. The fraction of sp³-hybridized carbons (Fsp3) is 0.417. The van der Waals surface area contributed by atoms with Crippen molar-refractivity contribution in [3.8, 4) is 0 Å². The molecule has 1 atom stereocenters. The van der Waals surface area contributed by atoms with Crippen LogP contribution in [-0.4, -0.2) is 41.7 Å². The van der Waals surface area contributed by atoms with Gasteiger partial charge in [0, 0.05) is 25.2 Å². The largest absolute Gasteiger partial charge is 0.375 e. The third kappa shape index (κ3) is 3.37. The van der Waals surface area contributed by atoms with Crippen LogP contribution >= 0.6 is 11.6 Å². The number of nitro groups is 1. The van der Waals surface area contributed by atoms with Gasteiger partial charge in [-0.15, -0.1) is 0 Å². The van der Waals surface area contributed by atoms with Crippen molar-refractivity contribution in [1.82, 2.24) is 4.90 Å². The molecule has 8 heteroatoms. The number of nitrogens with one attached hydrogen (secondary N) is 1. The predicted octanol–water partition coefficient (Wildman–Crippen LogP) is 2.50.